The molecule has 0 spiro atoms. The molecule has 1 nitrogen and oxygen atoms in total. The van der Waals surface area contributed by atoms with Crippen molar-refractivity contribution in [3.05, 3.63) is 24.3 Å². The highest BCUT2D eigenvalue weighted by atomic mass is 16.1. The monoisotopic (exact) mass is 382 g/mol. The van der Waals surface area contributed by atoms with Gasteiger partial charge in [-0.25, -0.2) is 0 Å². The fourth-order valence-corrected chi connectivity index (χ4v) is 8.73. The van der Waals surface area contributed by atoms with Crippen LogP contribution in [0.1, 0.15) is 91.9 Å². The van der Waals surface area contributed by atoms with Gasteiger partial charge in [0.25, 0.3) is 0 Å². The first kappa shape index (κ1) is 20.4. The molecule has 8 atom stereocenters. The van der Waals surface area contributed by atoms with Crippen molar-refractivity contribution in [2.75, 3.05) is 0 Å². The number of fused-ring (bicyclic) bond motifs is 5. The molecule has 0 aromatic carbocycles. The van der Waals surface area contributed by atoms with Crippen LogP contribution in [0.15, 0.2) is 24.3 Å². The van der Waals surface area contributed by atoms with Gasteiger partial charge in [-0.3, -0.25) is 4.79 Å². The van der Waals surface area contributed by atoms with E-state index in [0.29, 0.717) is 22.5 Å². The minimum absolute atomic E-state index is 0.156. The number of hydrogen-bond acceptors (Lipinski definition) is 1. The maximum absolute atomic E-state index is 12.8. The Bertz CT molecular complexity index is 659. The van der Waals surface area contributed by atoms with Crippen LogP contribution in [0.2, 0.25) is 0 Å². The van der Waals surface area contributed by atoms with E-state index >= 15 is 0 Å². The van der Waals surface area contributed by atoms with Crippen molar-refractivity contribution in [1.29, 1.82) is 0 Å². The molecule has 0 aromatic heterocycles. The van der Waals surface area contributed by atoms with Gasteiger partial charge in [-0.05, 0) is 105 Å². The van der Waals surface area contributed by atoms with E-state index in [2.05, 4.69) is 27.4 Å². The molecule has 0 bridgehead atoms. The maximum atomic E-state index is 12.8. The quantitative estimate of drug-likeness (QED) is 0.366. The highest BCUT2D eigenvalue weighted by molar-refractivity contribution is 5.92. The van der Waals surface area contributed by atoms with E-state index in [1.807, 2.05) is 13.0 Å². The SMILES string of the molecule is C=C(C)C=CC(=O)[C@@H](C)[C@H]1CC[C@H]2[C@@H]3CCC4CCCC[C@]4(C)[C@H]3CC[C@]12C. The summed E-state index contributed by atoms with van der Waals surface area (Å²) in [7, 11) is 0. The third kappa shape index (κ3) is 3.16. The van der Waals surface area contributed by atoms with Crippen LogP contribution in [-0.4, -0.2) is 5.78 Å². The molecular formula is C27H42O. The van der Waals surface area contributed by atoms with E-state index in [9.17, 15) is 4.79 Å². The number of allylic oxidation sites excluding steroid dienone is 3. The topological polar surface area (TPSA) is 17.1 Å². The first-order valence-electron chi connectivity index (χ1n) is 12.1. The first-order chi connectivity index (χ1) is 13.3. The highest BCUT2D eigenvalue weighted by Gasteiger charge is 2.60. The maximum Gasteiger partial charge on any atom is 0.158 e. The van der Waals surface area contributed by atoms with Crippen LogP contribution in [-0.2, 0) is 4.79 Å². The minimum atomic E-state index is 0.156. The molecule has 0 aromatic rings. The molecule has 1 heteroatoms. The second-order valence-electron chi connectivity index (χ2n) is 11.5. The molecular weight excluding hydrogens is 340 g/mol. The predicted octanol–water partition coefficient (Wildman–Crippen LogP) is 7.37. The third-order valence-corrected chi connectivity index (χ3v) is 10.2. The summed E-state index contributed by atoms with van der Waals surface area (Å²) in [6.07, 6.45) is 17.9. The summed E-state index contributed by atoms with van der Waals surface area (Å²) in [6.45, 7) is 13.3. The Morgan fingerprint density at radius 2 is 1.68 bits per heavy atom. The van der Waals surface area contributed by atoms with E-state index in [-0.39, 0.29) is 5.92 Å². The van der Waals surface area contributed by atoms with Crippen LogP contribution in [0.25, 0.3) is 0 Å². The van der Waals surface area contributed by atoms with Crippen molar-refractivity contribution in [2.24, 2.45) is 46.3 Å². The summed E-state index contributed by atoms with van der Waals surface area (Å²) in [5.74, 6) is 4.78. The standard InChI is InChI=1S/C27H42O/c1-18(2)9-14-25(28)19(3)22-12-13-23-21-11-10-20-8-6-7-16-26(20,4)24(21)15-17-27(22,23)5/h9,14,19-24H,1,6-8,10-13,15-17H2,2-5H3/t19-,20?,21-,22+,23-,24-,26-,27+/m0/s1. The molecule has 0 amide bonds. The lowest BCUT2D eigenvalue weighted by Crippen LogP contribution is -2.53. The van der Waals surface area contributed by atoms with E-state index in [1.54, 1.807) is 6.08 Å². The molecule has 28 heavy (non-hydrogen) atoms. The van der Waals surface area contributed by atoms with Gasteiger partial charge in [0.15, 0.2) is 5.78 Å². The normalized spacial score (nSPS) is 46.5. The highest BCUT2D eigenvalue weighted by Crippen LogP contribution is 2.68. The molecule has 4 aliphatic carbocycles. The van der Waals surface area contributed by atoms with E-state index in [1.165, 1.54) is 64.2 Å². The summed E-state index contributed by atoms with van der Waals surface area (Å²) < 4.78 is 0. The van der Waals surface area contributed by atoms with Gasteiger partial charge in [0, 0.05) is 5.92 Å². The number of hydrogen-bond donors (Lipinski definition) is 0. The third-order valence-electron chi connectivity index (χ3n) is 10.2. The number of carbonyl (C=O) groups is 1. The lowest BCUT2D eigenvalue weighted by Gasteiger charge is -2.60. The summed E-state index contributed by atoms with van der Waals surface area (Å²) in [4.78, 5) is 12.8. The van der Waals surface area contributed by atoms with Crippen molar-refractivity contribution >= 4 is 5.78 Å². The molecule has 4 fully saturated rings. The second kappa shape index (κ2) is 7.44. The predicted molar refractivity (Wildman–Crippen MR) is 118 cm³/mol. The summed E-state index contributed by atoms with van der Waals surface area (Å²) >= 11 is 0. The zero-order chi connectivity index (χ0) is 20.1. The lowest BCUT2D eigenvalue weighted by molar-refractivity contribution is -0.128. The van der Waals surface area contributed by atoms with E-state index in [4.69, 9.17) is 0 Å². The molecule has 0 heterocycles. The van der Waals surface area contributed by atoms with Crippen LogP contribution in [0, 0.1) is 46.3 Å². The second-order valence-corrected chi connectivity index (χ2v) is 11.5. The van der Waals surface area contributed by atoms with Crippen molar-refractivity contribution in [3.63, 3.8) is 0 Å². The minimum Gasteiger partial charge on any atom is -0.295 e. The molecule has 4 aliphatic rings. The van der Waals surface area contributed by atoms with E-state index in [0.717, 1.165) is 29.2 Å². The van der Waals surface area contributed by atoms with Gasteiger partial charge in [-0.1, -0.05) is 51.8 Å². The zero-order valence-electron chi connectivity index (χ0n) is 18.8. The fraction of sp³-hybridized carbons (Fsp3) is 0.815. The number of ketones is 1. The Labute approximate surface area is 173 Å². The zero-order valence-corrected chi connectivity index (χ0v) is 18.8. The van der Waals surface area contributed by atoms with Gasteiger partial charge in [-0.2, -0.15) is 0 Å². The summed E-state index contributed by atoms with van der Waals surface area (Å²) in [5, 5.41) is 0. The molecule has 0 aliphatic heterocycles. The van der Waals surface area contributed by atoms with Crippen molar-refractivity contribution < 1.29 is 4.79 Å². The smallest absolute Gasteiger partial charge is 0.158 e. The van der Waals surface area contributed by atoms with E-state index < -0.39 is 0 Å². The molecule has 156 valence electrons. The van der Waals surface area contributed by atoms with Crippen molar-refractivity contribution in [2.45, 2.75) is 91.9 Å². The van der Waals surface area contributed by atoms with Crippen molar-refractivity contribution in [1.82, 2.24) is 0 Å². The molecule has 4 rings (SSSR count). The van der Waals surface area contributed by atoms with Crippen LogP contribution < -0.4 is 0 Å². The Hall–Kier alpha value is -0.850. The molecule has 0 N–H and O–H groups in total. The van der Waals surface area contributed by atoms with Gasteiger partial charge >= 0.3 is 0 Å². The van der Waals surface area contributed by atoms with Gasteiger partial charge in [-0.15, -0.1) is 0 Å². The van der Waals surface area contributed by atoms with Crippen LogP contribution >= 0.6 is 0 Å². The fourth-order valence-electron chi connectivity index (χ4n) is 8.73. The Morgan fingerprint density at radius 3 is 2.43 bits per heavy atom. The average molecular weight is 383 g/mol. The number of carbonyl (C=O) groups excluding carboxylic acids is 1. The van der Waals surface area contributed by atoms with Crippen LogP contribution in [0.4, 0.5) is 0 Å². The van der Waals surface area contributed by atoms with Crippen molar-refractivity contribution in [3.8, 4) is 0 Å². The van der Waals surface area contributed by atoms with Gasteiger partial charge in [0.1, 0.15) is 0 Å². The summed E-state index contributed by atoms with van der Waals surface area (Å²) in [5.41, 5.74) is 1.96. The molecule has 4 saturated carbocycles. The van der Waals surface area contributed by atoms with Crippen LogP contribution in [0.5, 0.6) is 0 Å². The van der Waals surface area contributed by atoms with Gasteiger partial charge in [0.2, 0.25) is 0 Å². The Balaban J connectivity index is 1.53. The Morgan fingerprint density at radius 1 is 0.929 bits per heavy atom. The lowest BCUT2D eigenvalue weighted by atomic mass is 9.44. The molecule has 1 unspecified atom stereocenters. The average Bonchev–Trinajstić information content (AvgIpc) is 3.02. The largest absolute Gasteiger partial charge is 0.295 e. The van der Waals surface area contributed by atoms with Gasteiger partial charge in [0.05, 0.1) is 0 Å². The first-order valence-corrected chi connectivity index (χ1v) is 12.1. The van der Waals surface area contributed by atoms with Gasteiger partial charge < -0.3 is 0 Å². The molecule has 0 saturated heterocycles. The van der Waals surface area contributed by atoms with Crippen LogP contribution in [0.3, 0.4) is 0 Å². The Kier molecular flexibility index (Phi) is 5.43. The summed E-state index contributed by atoms with van der Waals surface area (Å²) in [6, 6.07) is 0. The molecule has 0 radical (unpaired) electrons. The number of rotatable bonds is 4.